The molecule has 3 heterocycles. The first-order valence-corrected chi connectivity index (χ1v) is 7.45. The van der Waals surface area contributed by atoms with Gasteiger partial charge in [0.1, 0.15) is 0 Å². The van der Waals surface area contributed by atoms with Crippen molar-refractivity contribution in [3.8, 4) is 11.4 Å². The first-order valence-electron chi connectivity index (χ1n) is 7.45. The van der Waals surface area contributed by atoms with Crippen LogP contribution in [0.5, 0.6) is 0 Å². The second-order valence-electron chi connectivity index (χ2n) is 5.79. The maximum absolute atomic E-state index is 4.62. The number of hydrogen-bond donors (Lipinski definition) is 0. The molecule has 2 aromatic heterocycles. The Labute approximate surface area is 120 Å². The molecule has 0 spiro atoms. The maximum atomic E-state index is 4.62. The van der Waals surface area contributed by atoms with Gasteiger partial charge in [0.15, 0.2) is 0 Å². The van der Waals surface area contributed by atoms with Crippen molar-refractivity contribution in [3.63, 3.8) is 0 Å². The lowest BCUT2D eigenvalue weighted by Crippen LogP contribution is -2.18. The largest absolute Gasteiger partial charge is 0.299 e. The highest BCUT2D eigenvalue weighted by molar-refractivity contribution is 5.54. The lowest BCUT2D eigenvalue weighted by atomic mass is 10.2. The van der Waals surface area contributed by atoms with Gasteiger partial charge >= 0.3 is 0 Å². The summed E-state index contributed by atoms with van der Waals surface area (Å²) in [6.07, 6.45) is 6.51. The summed E-state index contributed by atoms with van der Waals surface area (Å²) >= 11 is 0. The van der Waals surface area contributed by atoms with Crippen LogP contribution in [0, 0.1) is 0 Å². The van der Waals surface area contributed by atoms with Gasteiger partial charge in [-0.15, -0.1) is 0 Å². The van der Waals surface area contributed by atoms with Gasteiger partial charge in [-0.2, -0.15) is 5.10 Å². The zero-order chi connectivity index (χ0) is 13.9. The van der Waals surface area contributed by atoms with Gasteiger partial charge in [-0.1, -0.05) is 6.07 Å². The molecule has 1 saturated heterocycles. The Bertz CT molecular complexity index is 550. The Morgan fingerprint density at radius 1 is 1.15 bits per heavy atom. The fraction of sp³-hybridized carbons (Fsp3) is 0.500. The summed E-state index contributed by atoms with van der Waals surface area (Å²) in [5.74, 6) is 0. The first-order chi connectivity index (χ1) is 9.74. The second-order valence-corrected chi connectivity index (χ2v) is 5.79. The van der Waals surface area contributed by atoms with Gasteiger partial charge in [-0.25, -0.2) is 0 Å². The molecule has 3 rings (SSSR count). The molecule has 20 heavy (non-hydrogen) atoms. The zero-order valence-corrected chi connectivity index (χ0v) is 12.3. The average molecular weight is 270 g/mol. The number of aromatic nitrogens is 3. The molecule has 0 bridgehead atoms. The molecule has 0 radical (unpaired) electrons. The standard InChI is InChI=1S/C16H22N4/c1-13(2)20-16(7-8-18-20)15-6-5-14(11-17-15)12-19-9-3-4-10-19/h5-8,11,13H,3-4,9-10,12H2,1-2H3. The van der Waals surface area contributed by atoms with E-state index in [9.17, 15) is 0 Å². The van der Waals surface area contributed by atoms with Crippen LogP contribution in [0.25, 0.3) is 11.4 Å². The van der Waals surface area contributed by atoms with Crippen molar-refractivity contribution in [2.75, 3.05) is 13.1 Å². The molecule has 0 saturated carbocycles. The molecule has 106 valence electrons. The van der Waals surface area contributed by atoms with Crippen molar-refractivity contribution in [2.45, 2.75) is 39.3 Å². The van der Waals surface area contributed by atoms with Crippen LogP contribution >= 0.6 is 0 Å². The van der Waals surface area contributed by atoms with Crippen molar-refractivity contribution in [3.05, 3.63) is 36.2 Å². The molecule has 1 aliphatic heterocycles. The van der Waals surface area contributed by atoms with E-state index in [0.29, 0.717) is 6.04 Å². The van der Waals surface area contributed by atoms with Gasteiger partial charge in [-0.3, -0.25) is 14.6 Å². The fourth-order valence-corrected chi connectivity index (χ4v) is 2.80. The van der Waals surface area contributed by atoms with Gasteiger partial charge in [0, 0.05) is 25.0 Å². The molecule has 0 aliphatic carbocycles. The third-order valence-corrected chi connectivity index (χ3v) is 3.85. The number of hydrogen-bond acceptors (Lipinski definition) is 3. The van der Waals surface area contributed by atoms with Gasteiger partial charge in [0.25, 0.3) is 0 Å². The van der Waals surface area contributed by atoms with Crippen molar-refractivity contribution >= 4 is 0 Å². The molecular formula is C16H22N4. The smallest absolute Gasteiger partial charge is 0.0883 e. The van der Waals surface area contributed by atoms with E-state index in [-0.39, 0.29) is 0 Å². The highest BCUT2D eigenvalue weighted by atomic mass is 15.3. The van der Waals surface area contributed by atoms with E-state index in [1.54, 1.807) is 0 Å². The van der Waals surface area contributed by atoms with Crippen LogP contribution in [0.1, 0.15) is 38.3 Å². The monoisotopic (exact) mass is 270 g/mol. The van der Waals surface area contributed by atoms with Crippen LogP contribution in [0.15, 0.2) is 30.6 Å². The first kappa shape index (κ1) is 13.3. The predicted molar refractivity (Wildman–Crippen MR) is 80.4 cm³/mol. The van der Waals surface area contributed by atoms with Crippen molar-refractivity contribution in [2.24, 2.45) is 0 Å². The van der Waals surface area contributed by atoms with Crippen molar-refractivity contribution in [1.29, 1.82) is 0 Å². The van der Waals surface area contributed by atoms with Gasteiger partial charge in [0.05, 0.1) is 11.4 Å². The van der Waals surface area contributed by atoms with Crippen LogP contribution in [0.2, 0.25) is 0 Å². The molecule has 4 nitrogen and oxygen atoms in total. The summed E-state index contributed by atoms with van der Waals surface area (Å²) in [6.45, 7) is 7.75. The van der Waals surface area contributed by atoms with E-state index >= 15 is 0 Å². The summed E-state index contributed by atoms with van der Waals surface area (Å²) in [5, 5.41) is 4.37. The topological polar surface area (TPSA) is 34.0 Å². The minimum atomic E-state index is 0.353. The van der Waals surface area contributed by atoms with E-state index in [2.05, 4.69) is 41.0 Å². The summed E-state index contributed by atoms with van der Waals surface area (Å²) in [7, 11) is 0. The highest BCUT2D eigenvalue weighted by Crippen LogP contribution is 2.21. The maximum Gasteiger partial charge on any atom is 0.0883 e. The molecule has 1 aliphatic rings. The van der Waals surface area contributed by atoms with Gasteiger partial charge in [-0.05, 0) is 57.5 Å². The minimum Gasteiger partial charge on any atom is -0.299 e. The quantitative estimate of drug-likeness (QED) is 0.856. The van der Waals surface area contributed by atoms with Gasteiger partial charge in [0.2, 0.25) is 0 Å². The Hall–Kier alpha value is -1.68. The molecule has 0 unspecified atom stereocenters. The zero-order valence-electron chi connectivity index (χ0n) is 12.3. The molecule has 4 heteroatoms. The number of nitrogens with zero attached hydrogens (tertiary/aromatic N) is 4. The summed E-state index contributed by atoms with van der Waals surface area (Å²) in [6, 6.07) is 6.69. The third-order valence-electron chi connectivity index (χ3n) is 3.85. The highest BCUT2D eigenvalue weighted by Gasteiger charge is 2.13. The predicted octanol–water partition coefficient (Wildman–Crippen LogP) is 3.12. The van der Waals surface area contributed by atoms with Crippen LogP contribution < -0.4 is 0 Å². The number of rotatable bonds is 4. The Morgan fingerprint density at radius 2 is 1.95 bits per heavy atom. The molecule has 1 fully saturated rings. The normalized spacial score (nSPS) is 16.1. The van der Waals surface area contributed by atoms with Crippen molar-refractivity contribution in [1.82, 2.24) is 19.7 Å². The minimum absolute atomic E-state index is 0.353. The van der Waals surface area contributed by atoms with Crippen LogP contribution in [-0.2, 0) is 6.54 Å². The van der Waals surface area contributed by atoms with E-state index in [4.69, 9.17) is 0 Å². The third kappa shape index (κ3) is 2.75. The SMILES string of the molecule is CC(C)n1nccc1-c1ccc(CN2CCCC2)cn1. The lowest BCUT2D eigenvalue weighted by Gasteiger charge is -2.15. The fourth-order valence-electron chi connectivity index (χ4n) is 2.80. The number of likely N-dealkylation sites (tertiary alicyclic amines) is 1. The molecule has 0 amide bonds. The van der Waals surface area contributed by atoms with Crippen LogP contribution in [0.4, 0.5) is 0 Å². The van der Waals surface area contributed by atoms with Crippen LogP contribution in [-0.4, -0.2) is 32.8 Å². The summed E-state index contributed by atoms with van der Waals surface area (Å²) < 4.78 is 2.02. The second kappa shape index (κ2) is 5.75. The molecule has 0 atom stereocenters. The molecule has 2 aromatic rings. The molecule has 0 N–H and O–H groups in total. The van der Waals surface area contributed by atoms with E-state index in [0.717, 1.165) is 17.9 Å². The Balaban J connectivity index is 1.76. The van der Waals surface area contributed by atoms with E-state index < -0.39 is 0 Å². The van der Waals surface area contributed by atoms with Crippen molar-refractivity contribution < 1.29 is 0 Å². The molecule has 0 aromatic carbocycles. The average Bonchev–Trinajstić information content (AvgIpc) is 3.10. The van der Waals surface area contributed by atoms with E-state index in [1.165, 1.54) is 31.5 Å². The summed E-state index contributed by atoms with van der Waals surface area (Å²) in [4.78, 5) is 7.11. The Kier molecular flexibility index (Phi) is 3.83. The van der Waals surface area contributed by atoms with Gasteiger partial charge < -0.3 is 0 Å². The molecular weight excluding hydrogens is 248 g/mol. The van der Waals surface area contributed by atoms with Crippen LogP contribution in [0.3, 0.4) is 0 Å². The summed E-state index contributed by atoms with van der Waals surface area (Å²) in [5.41, 5.74) is 3.39. The number of pyridine rings is 1. The lowest BCUT2D eigenvalue weighted by molar-refractivity contribution is 0.331. The van der Waals surface area contributed by atoms with E-state index in [1.807, 2.05) is 23.1 Å². The Morgan fingerprint density at radius 3 is 2.60 bits per heavy atom.